The van der Waals surface area contributed by atoms with Gasteiger partial charge in [-0.05, 0) is 50.5 Å². The molecule has 1 aliphatic rings. The lowest BCUT2D eigenvalue weighted by Gasteiger charge is -2.20. The van der Waals surface area contributed by atoms with Crippen molar-refractivity contribution in [3.05, 3.63) is 35.0 Å². The lowest BCUT2D eigenvalue weighted by molar-refractivity contribution is -0.131. The van der Waals surface area contributed by atoms with Crippen LogP contribution in [0.15, 0.2) is 18.2 Å². The van der Waals surface area contributed by atoms with Crippen LogP contribution in [-0.4, -0.2) is 41.5 Å². The summed E-state index contributed by atoms with van der Waals surface area (Å²) in [7, 11) is 0. The van der Waals surface area contributed by atoms with E-state index < -0.39 is 0 Å². The molecule has 2 heterocycles. The number of aromatic amines is 1. The summed E-state index contributed by atoms with van der Waals surface area (Å²) in [5, 5.41) is 1.05. The molecule has 1 N–H and O–H groups in total. The molecule has 3 rings (SSSR count). The summed E-state index contributed by atoms with van der Waals surface area (Å²) in [6, 6.07) is 5.55. The number of rotatable bonds is 4. The number of nitrogens with zero attached hydrogens (tertiary/aromatic N) is 1. The van der Waals surface area contributed by atoms with E-state index in [-0.39, 0.29) is 18.5 Å². The van der Waals surface area contributed by atoms with Gasteiger partial charge in [-0.2, -0.15) is 0 Å². The molecule has 1 fully saturated rings. The van der Waals surface area contributed by atoms with Crippen molar-refractivity contribution in [3.8, 4) is 0 Å². The van der Waals surface area contributed by atoms with Crippen molar-refractivity contribution in [2.24, 2.45) is 0 Å². The molecule has 1 aliphatic heterocycles. The molecule has 0 atom stereocenters. The van der Waals surface area contributed by atoms with Crippen LogP contribution >= 0.6 is 0 Å². The number of amides is 1. The summed E-state index contributed by atoms with van der Waals surface area (Å²) >= 11 is 0. The van der Waals surface area contributed by atoms with Crippen molar-refractivity contribution in [2.45, 2.75) is 39.5 Å². The Balaban J connectivity index is 1.60. The van der Waals surface area contributed by atoms with Gasteiger partial charge >= 0.3 is 5.97 Å². The van der Waals surface area contributed by atoms with Gasteiger partial charge in [0.15, 0.2) is 0 Å². The van der Waals surface area contributed by atoms with Gasteiger partial charge in [0.25, 0.3) is 0 Å². The van der Waals surface area contributed by atoms with E-state index in [1.54, 1.807) is 6.07 Å². The number of carbonyl (C=O) groups excluding carboxylic acids is 2. The number of carbonyl (C=O) groups is 2. The molecule has 24 heavy (non-hydrogen) atoms. The SMILES string of the molecule is Cc1[nH]c2ccc(C(=O)OCCN3CCCCCC3=O)cc2c1C. The lowest BCUT2D eigenvalue weighted by Crippen LogP contribution is -2.33. The van der Waals surface area contributed by atoms with E-state index in [0.717, 1.165) is 48.0 Å². The summed E-state index contributed by atoms with van der Waals surface area (Å²) in [5.74, 6) is -0.166. The zero-order valence-corrected chi connectivity index (χ0v) is 14.4. The van der Waals surface area contributed by atoms with Crippen LogP contribution in [-0.2, 0) is 9.53 Å². The van der Waals surface area contributed by atoms with Crippen LogP contribution in [0.2, 0.25) is 0 Å². The Labute approximate surface area is 142 Å². The first kappa shape index (κ1) is 16.6. The van der Waals surface area contributed by atoms with Gasteiger partial charge in [-0.1, -0.05) is 6.42 Å². The van der Waals surface area contributed by atoms with Crippen LogP contribution in [0, 0.1) is 13.8 Å². The molecule has 2 aromatic rings. The third kappa shape index (κ3) is 3.45. The van der Waals surface area contributed by atoms with Crippen LogP contribution in [0.5, 0.6) is 0 Å². The molecular formula is C19H24N2O3. The predicted octanol–water partition coefficient (Wildman–Crippen LogP) is 3.34. The maximum absolute atomic E-state index is 12.3. The number of nitrogens with one attached hydrogen (secondary N) is 1. The molecule has 0 bridgehead atoms. The average Bonchev–Trinajstić information content (AvgIpc) is 2.72. The number of hydrogen-bond donors (Lipinski definition) is 1. The minimum Gasteiger partial charge on any atom is -0.460 e. The number of fused-ring (bicyclic) bond motifs is 1. The highest BCUT2D eigenvalue weighted by atomic mass is 16.5. The van der Waals surface area contributed by atoms with Gasteiger partial charge in [0, 0.05) is 29.6 Å². The van der Waals surface area contributed by atoms with Crippen molar-refractivity contribution >= 4 is 22.8 Å². The summed E-state index contributed by atoms with van der Waals surface area (Å²) in [6.45, 7) is 5.55. The third-order valence-corrected chi connectivity index (χ3v) is 4.81. The number of ether oxygens (including phenoxy) is 1. The fraction of sp³-hybridized carbons (Fsp3) is 0.474. The Morgan fingerprint density at radius 2 is 2.08 bits per heavy atom. The molecule has 1 aromatic carbocycles. The Bertz CT molecular complexity index is 763. The molecule has 0 aliphatic carbocycles. The maximum Gasteiger partial charge on any atom is 0.338 e. The van der Waals surface area contributed by atoms with Crippen LogP contribution in [0.1, 0.15) is 47.3 Å². The number of esters is 1. The van der Waals surface area contributed by atoms with Crippen molar-refractivity contribution in [2.75, 3.05) is 19.7 Å². The minimum absolute atomic E-state index is 0.170. The van der Waals surface area contributed by atoms with Gasteiger partial charge in [-0.25, -0.2) is 4.79 Å². The Morgan fingerprint density at radius 3 is 2.92 bits per heavy atom. The maximum atomic E-state index is 12.3. The minimum atomic E-state index is -0.336. The zero-order valence-electron chi connectivity index (χ0n) is 14.4. The molecular weight excluding hydrogens is 304 g/mol. The second-order valence-electron chi connectivity index (χ2n) is 6.46. The van der Waals surface area contributed by atoms with Gasteiger partial charge in [0.05, 0.1) is 12.1 Å². The molecule has 1 amide bonds. The molecule has 5 nitrogen and oxygen atoms in total. The Hall–Kier alpha value is -2.30. The first-order valence-corrected chi connectivity index (χ1v) is 8.60. The monoisotopic (exact) mass is 328 g/mol. The van der Waals surface area contributed by atoms with Gasteiger partial charge < -0.3 is 14.6 Å². The number of aryl methyl sites for hydroxylation is 2. The van der Waals surface area contributed by atoms with E-state index >= 15 is 0 Å². The Kier molecular flexibility index (Phi) is 4.88. The van der Waals surface area contributed by atoms with E-state index in [4.69, 9.17) is 4.74 Å². The molecule has 0 spiro atoms. The van der Waals surface area contributed by atoms with E-state index in [1.165, 1.54) is 0 Å². The number of benzene rings is 1. The van der Waals surface area contributed by atoms with Gasteiger partial charge in [-0.15, -0.1) is 0 Å². The molecule has 0 saturated carbocycles. The van der Waals surface area contributed by atoms with E-state index in [1.807, 2.05) is 30.9 Å². The zero-order chi connectivity index (χ0) is 17.1. The van der Waals surface area contributed by atoms with Gasteiger partial charge in [0.1, 0.15) is 6.61 Å². The molecule has 0 unspecified atom stereocenters. The first-order valence-electron chi connectivity index (χ1n) is 8.60. The van der Waals surface area contributed by atoms with E-state index in [0.29, 0.717) is 18.5 Å². The van der Waals surface area contributed by atoms with Gasteiger partial charge in [-0.3, -0.25) is 4.79 Å². The summed E-state index contributed by atoms with van der Waals surface area (Å²) in [6.07, 6.45) is 3.70. The second-order valence-corrected chi connectivity index (χ2v) is 6.46. The van der Waals surface area contributed by atoms with Gasteiger partial charge in [0.2, 0.25) is 5.91 Å². The summed E-state index contributed by atoms with van der Waals surface area (Å²) in [4.78, 5) is 29.3. The highest BCUT2D eigenvalue weighted by molar-refractivity contribution is 5.96. The third-order valence-electron chi connectivity index (χ3n) is 4.81. The van der Waals surface area contributed by atoms with Crippen LogP contribution in [0.25, 0.3) is 10.9 Å². The fourth-order valence-corrected chi connectivity index (χ4v) is 3.20. The van der Waals surface area contributed by atoms with Crippen LogP contribution in [0.4, 0.5) is 0 Å². The highest BCUT2D eigenvalue weighted by Crippen LogP contribution is 2.22. The smallest absolute Gasteiger partial charge is 0.338 e. The predicted molar refractivity (Wildman–Crippen MR) is 93.1 cm³/mol. The fourth-order valence-electron chi connectivity index (χ4n) is 3.20. The van der Waals surface area contributed by atoms with Crippen LogP contribution in [0.3, 0.4) is 0 Å². The molecule has 5 heteroatoms. The molecule has 1 aromatic heterocycles. The highest BCUT2D eigenvalue weighted by Gasteiger charge is 2.17. The molecule has 1 saturated heterocycles. The first-order chi connectivity index (χ1) is 11.6. The van der Waals surface area contributed by atoms with Crippen molar-refractivity contribution in [1.82, 2.24) is 9.88 Å². The molecule has 128 valence electrons. The second kappa shape index (κ2) is 7.07. The topological polar surface area (TPSA) is 62.4 Å². The number of hydrogen-bond acceptors (Lipinski definition) is 3. The quantitative estimate of drug-likeness (QED) is 0.876. The molecule has 0 radical (unpaired) electrons. The van der Waals surface area contributed by atoms with E-state index in [2.05, 4.69) is 4.98 Å². The number of aromatic nitrogens is 1. The Morgan fingerprint density at radius 1 is 1.25 bits per heavy atom. The number of H-pyrrole nitrogens is 1. The summed E-state index contributed by atoms with van der Waals surface area (Å²) in [5.41, 5.74) is 3.83. The summed E-state index contributed by atoms with van der Waals surface area (Å²) < 4.78 is 5.37. The average molecular weight is 328 g/mol. The van der Waals surface area contributed by atoms with Crippen molar-refractivity contribution < 1.29 is 14.3 Å². The van der Waals surface area contributed by atoms with E-state index in [9.17, 15) is 9.59 Å². The normalized spacial score (nSPS) is 15.6. The van der Waals surface area contributed by atoms with Crippen LogP contribution < -0.4 is 0 Å². The number of likely N-dealkylation sites (tertiary alicyclic amines) is 1. The van der Waals surface area contributed by atoms with Crippen molar-refractivity contribution in [1.29, 1.82) is 0 Å². The largest absolute Gasteiger partial charge is 0.460 e. The lowest BCUT2D eigenvalue weighted by atomic mass is 10.1. The van der Waals surface area contributed by atoms with Crippen molar-refractivity contribution in [3.63, 3.8) is 0 Å². The standard InChI is InChI=1S/C19H24N2O3/c1-13-14(2)20-17-8-7-15(12-16(13)17)19(23)24-11-10-21-9-5-3-4-6-18(21)22/h7-8,12,20H,3-6,9-11H2,1-2H3.